The van der Waals surface area contributed by atoms with Gasteiger partial charge < -0.3 is 10.1 Å². The summed E-state index contributed by atoms with van der Waals surface area (Å²) in [6.07, 6.45) is 2.25. The average molecular weight is 279 g/mol. The summed E-state index contributed by atoms with van der Waals surface area (Å²) in [5.74, 6) is -0.456. The molecule has 106 valence electrons. The number of benzene rings is 1. The number of halogens is 2. The molecule has 0 aliphatic carbocycles. The van der Waals surface area contributed by atoms with Crippen molar-refractivity contribution in [3.8, 4) is 17.0 Å². The van der Waals surface area contributed by atoms with Crippen LogP contribution in [0.3, 0.4) is 0 Å². The number of hydrogen-bond acceptors (Lipinski definition) is 4. The fraction of sp³-hybridized carbons (Fsp3) is 0.286. The Labute approximate surface area is 115 Å². The van der Waals surface area contributed by atoms with Gasteiger partial charge in [-0.05, 0) is 18.6 Å². The maximum atomic E-state index is 13.3. The largest absolute Gasteiger partial charge is 0.491 e. The minimum atomic E-state index is -0.663. The van der Waals surface area contributed by atoms with E-state index in [9.17, 15) is 8.78 Å². The molecular weight excluding hydrogens is 264 g/mol. The molecule has 0 unspecified atom stereocenters. The molecule has 0 saturated carbocycles. The number of hydrogen-bond donors (Lipinski definition) is 1. The van der Waals surface area contributed by atoms with E-state index in [-0.39, 0.29) is 0 Å². The average Bonchev–Trinajstić information content (AvgIpc) is 2.43. The third-order valence-corrected chi connectivity index (χ3v) is 2.69. The van der Waals surface area contributed by atoms with Gasteiger partial charge in [0.05, 0.1) is 7.11 Å². The van der Waals surface area contributed by atoms with Gasteiger partial charge >= 0.3 is 0 Å². The fourth-order valence-corrected chi connectivity index (χ4v) is 1.83. The van der Waals surface area contributed by atoms with Crippen LogP contribution in [0, 0.1) is 11.6 Å². The molecule has 0 aliphatic heterocycles. The van der Waals surface area contributed by atoms with Crippen LogP contribution in [0.25, 0.3) is 11.3 Å². The van der Waals surface area contributed by atoms with E-state index in [0.717, 1.165) is 12.5 Å². The smallest absolute Gasteiger partial charge is 0.187 e. The Bertz CT molecular complexity index is 585. The Hall–Kier alpha value is -2.24. The Morgan fingerprint density at radius 2 is 1.85 bits per heavy atom. The van der Waals surface area contributed by atoms with Crippen LogP contribution in [-0.2, 0) is 0 Å². The van der Waals surface area contributed by atoms with E-state index in [1.165, 1.54) is 25.6 Å². The first-order valence-corrected chi connectivity index (χ1v) is 6.25. The van der Waals surface area contributed by atoms with Crippen molar-refractivity contribution in [1.82, 2.24) is 9.97 Å². The Balaban J connectivity index is 2.50. The SMILES string of the molecule is CCCNc1ncnc(-c2cc(F)cc(F)c2)c1OC. The van der Waals surface area contributed by atoms with Crippen LogP contribution in [0.15, 0.2) is 24.5 Å². The molecule has 1 aromatic carbocycles. The van der Waals surface area contributed by atoms with Crippen molar-refractivity contribution in [3.05, 3.63) is 36.2 Å². The van der Waals surface area contributed by atoms with Crippen LogP contribution in [0.1, 0.15) is 13.3 Å². The molecule has 0 bridgehead atoms. The number of anilines is 1. The van der Waals surface area contributed by atoms with Crippen molar-refractivity contribution < 1.29 is 13.5 Å². The molecule has 1 heterocycles. The van der Waals surface area contributed by atoms with Gasteiger partial charge in [-0.1, -0.05) is 6.92 Å². The van der Waals surface area contributed by atoms with Gasteiger partial charge in [0.25, 0.3) is 0 Å². The van der Waals surface area contributed by atoms with E-state index >= 15 is 0 Å². The monoisotopic (exact) mass is 279 g/mol. The zero-order valence-electron chi connectivity index (χ0n) is 11.3. The standard InChI is InChI=1S/C14H15F2N3O/c1-3-4-17-14-13(20-2)12(18-8-19-14)9-5-10(15)7-11(16)6-9/h5-8H,3-4H2,1-2H3,(H,17,18,19). The van der Waals surface area contributed by atoms with Gasteiger partial charge in [-0.15, -0.1) is 0 Å². The minimum absolute atomic E-state index is 0.307. The second kappa shape index (κ2) is 6.27. The van der Waals surface area contributed by atoms with Crippen LogP contribution in [0.2, 0.25) is 0 Å². The molecule has 4 nitrogen and oxygen atoms in total. The predicted octanol–water partition coefficient (Wildman–Crippen LogP) is 3.25. The lowest BCUT2D eigenvalue weighted by molar-refractivity contribution is 0.414. The summed E-state index contributed by atoms with van der Waals surface area (Å²) in [5, 5.41) is 3.09. The summed E-state index contributed by atoms with van der Waals surface area (Å²) in [6, 6.07) is 3.22. The van der Waals surface area contributed by atoms with Gasteiger partial charge in [-0.3, -0.25) is 0 Å². The highest BCUT2D eigenvalue weighted by molar-refractivity contribution is 5.72. The van der Waals surface area contributed by atoms with E-state index in [0.29, 0.717) is 29.4 Å². The number of nitrogens with zero attached hydrogens (tertiary/aromatic N) is 2. The van der Waals surface area contributed by atoms with Gasteiger partial charge in [-0.2, -0.15) is 0 Å². The molecule has 1 aromatic heterocycles. The highest BCUT2D eigenvalue weighted by Gasteiger charge is 2.15. The Kier molecular flexibility index (Phi) is 4.45. The lowest BCUT2D eigenvalue weighted by atomic mass is 10.1. The van der Waals surface area contributed by atoms with Crippen LogP contribution < -0.4 is 10.1 Å². The maximum absolute atomic E-state index is 13.3. The summed E-state index contributed by atoms with van der Waals surface area (Å²) in [4.78, 5) is 8.14. The van der Waals surface area contributed by atoms with E-state index in [1.807, 2.05) is 6.92 Å². The van der Waals surface area contributed by atoms with Crippen LogP contribution in [0.4, 0.5) is 14.6 Å². The van der Waals surface area contributed by atoms with Crippen molar-refractivity contribution in [3.63, 3.8) is 0 Å². The van der Waals surface area contributed by atoms with Crippen LogP contribution >= 0.6 is 0 Å². The molecule has 1 N–H and O–H groups in total. The van der Waals surface area contributed by atoms with Gasteiger partial charge in [0, 0.05) is 18.2 Å². The van der Waals surface area contributed by atoms with Crippen molar-refractivity contribution in [2.45, 2.75) is 13.3 Å². The normalized spacial score (nSPS) is 10.4. The van der Waals surface area contributed by atoms with Crippen LogP contribution in [-0.4, -0.2) is 23.6 Å². The zero-order chi connectivity index (χ0) is 14.5. The fourth-order valence-electron chi connectivity index (χ4n) is 1.83. The molecule has 2 aromatic rings. The summed E-state index contributed by atoms with van der Waals surface area (Å²) < 4.78 is 31.9. The lowest BCUT2D eigenvalue weighted by Gasteiger charge is -2.13. The molecule has 6 heteroatoms. The third kappa shape index (κ3) is 3.01. The van der Waals surface area contributed by atoms with Gasteiger partial charge in [0.15, 0.2) is 11.6 Å². The zero-order valence-corrected chi connectivity index (χ0v) is 11.3. The van der Waals surface area contributed by atoms with Crippen molar-refractivity contribution in [2.24, 2.45) is 0 Å². The molecule has 0 radical (unpaired) electrons. The molecule has 0 fully saturated rings. The molecule has 0 atom stereocenters. The molecule has 2 rings (SSSR count). The first kappa shape index (κ1) is 14.2. The Morgan fingerprint density at radius 3 is 2.45 bits per heavy atom. The third-order valence-electron chi connectivity index (χ3n) is 2.69. The second-order valence-corrected chi connectivity index (χ2v) is 4.19. The number of aromatic nitrogens is 2. The highest BCUT2D eigenvalue weighted by Crippen LogP contribution is 2.33. The van der Waals surface area contributed by atoms with Gasteiger partial charge in [-0.25, -0.2) is 18.7 Å². The first-order valence-electron chi connectivity index (χ1n) is 6.25. The van der Waals surface area contributed by atoms with E-state index in [1.54, 1.807) is 0 Å². The number of nitrogens with one attached hydrogen (secondary N) is 1. The summed E-state index contributed by atoms with van der Waals surface area (Å²) in [7, 11) is 1.47. The minimum Gasteiger partial charge on any atom is -0.491 e. The quantitative estimate of drug-likeness (QED) is 0.912. The first-order chi connectivity index (χ1) is 9.65. The second-order valence-electron chi connectivity index (χ2n) is 4.19. The lowest BCUT2D eigenvalue weighted by Crippen LogP contribution is -2.06. The van der Waals surface area contributed by atoms with Crippen molar-refractivity contribution in [1.29, 1.82) is 0 Å². The molecule has 20 heavy (non-hydrogen) atoms. The maximum Gasteiger partial charge on any atom is 0.187 e. The highest BCUT2D eigenvalue weighted by atomic mass is 19.1. The number of methoxy groups -OCH3 is 1. The molecular formula is C14H15F2N3O. The summed E-state index contributed by atoms with van der Waals surface area (Å²) in [6.45, 7) is 2.73. The summed E-state index contributed by atoms with van der Waals surface area (Å²) in [5.41, 5.74) is 0.654. The number of ether oxygens (including phenoxy) is 1. The van der Waals surface area contributed by atoms with Crippen molar-refractivity contribution in [2.75, 3.05) is 19.0 Å². The van der Waals surface area contributed by atoms with E-state index in [4.69, 9.17) is 4.74 Å². The Morgan fingerprint density at radius 1 is 1.15 bits per heavy atom. The van der Waals surface area contributed by atoms with E-state index < -0.39 is 11.6 Å². The van der Waals surface area contributed by atoms with Gasteiger partial charge in [0.1, 0.15) is 23.7 Å². The molecule has 0 amide bonds. The molecule has 0 spiro atoms. The molecule has 0 saturated heterocycles. The predicted molar refractivity (Wildman–Crippen MR) is 72.7 cm³/mol. The topological polar surface area (TPSA) is 47.0 Å². The van der Waals surface area contributed by atoms with Gasteiger partial charge in [0.2, 0.25) is 0 Å². The summed E-state index contributed by atoms with van der Waals surface area (Å²) >= 11 is 0. The number of rotatable bonds is 5. The van der Waals surface area contributed by atoms with Crippen molar-refractivity contribution >= 4 is 5.82 Å². The molecule has 0 aliphatic rings. The van der Waals surface area contributed by atoms with Crippen LogP contribution in [0.5, 0.6) is 5.75 Å². The van der Waals surface area contributed by atoms with E-state index in [2.05, 4.69) is 15.3 Å².